The van der Waals surface area contributed by atoms with Crippen LogP contribution in [0.1, 0.15) is 85.5 Å². The number of thioether (sulfide) groups is 1. The minimum atomic E-state index is 0.537. The fourth-order valence-corrected chi connectivity index (χ4v) is 4.36. The molecule has 0 aromatic carbocycles. The summed E-state index contributed by atoms with van der Waals surface area (Å²) in [4.78, 5) is 0. The van der Waals surface area contributed by atoms with Crippen LogP contribution in [0.3, 0.4) is 0 Å². The molecule has 0 atom stereocenters. The Bertz CT molecular complexity index is 196. The van der Waals surface area contributed by atoms with Gasteiger partial charge >= 0.3 is 0 Å². The summed E-state index contributed by atoms with van der Waals surface area (Å²) in [6.45, 7) is 9.54. The van der Waals surface area contributed by atoms with Crippen molar-refractivity contribution in [3.05, 3.63) is 0 Å². The largest absolute Gasteiger partial charge is 0.159 e. The van der Waals surface area contributed by atoms with Crippen LogP contribution in [0.15, 0.2) is 0 Å². The summed E-state index contributed by atoms with van der Waals surface area (Å²) in [6, 6.07) is 0. The second-order valence-electron chi connectivity index (χ2n) is 7.12. The van der Waals surface area contributed by atoms with E-state index in [1.54, 1.807) is 0 Å². The van der Waals surface area contributed by atoms with E-state index in [-0.39, 0.29) is 0 Å². The van der Waals surface area contributed by atoms with Gasteiger partial charge in [0, 0.05) is 5.25 Å². The number of hydrogen-bond acceptors (Lipinski definition) is 1. The van der Waals surface area contributed by atoms with Gasteiger partial charge in [-0.15, -0.1) is 0 Å². The highest BCUT2D eigenvalue weighted by atomic mass is 32.2. The molecule has 1 rings (SSSR count). The first-order valence-corrected chi connectivity index (χ1v) is 9.20. The lowest BCUT2D eigenvalue weighted by atomic mass is 9.72. The van der Waals surface area contributed by atoms with E-state index in [2.05, 4.69) is 39.5 Å². The summed E-state index contributed by atoms with van der Waals surface area (Å²) in [5.41, 5.74) is 0.537. The Balaban J connectivity index is 2.02. The van der Waals surface area contributed by atoms with Gasteiger partial charge in [0.1, 0.15) is 0 Å². The maximum Gasteiger partial charge on any atom is 0.00472 e. The van der Waals surface area contributed by atoms with Crippen molar-refractivity contribution in [1.29, 1.82) is 0 Å². The van der Waals surface area contributed by atoms with Crippen molar-refractivity contribution in [2.75, 3.05) is 5.75 Å². The lowest BCUT2D eigenvalue weighted by Crippen LogP contribution is -2.26. The van der Waals surface area contributed by atoms with Crippen LogP contribution in [-0.4, -0.2) is 11.0 Å². The lowest BCUT2D eigenvalue weighted by Gasteiger charge is -2.36. The van der Waals surface area contributed by atoms with Gasteiger partial charge < -0.3 is 0 Å². The van der Waals surface area contributed by atoms with Crippen molar-refractivity contribution in [3.63, 3.8) is 0 Å². The van der Waals surface area contributed by atoms with Gasteiger partial charge in [0.25, 0.3) is 0 Å². The van der Waals surface area contributed by atoms with Gasteiger partial charge in [0.05, 0.1) is 0 Å². The minimum absolute atomic E-state index is 0.537. The zero-order valence-corrected chi connectivity index (χ0v) is 14.0. The van der Waals surface area contributed by atoms with Crippen LogP contribution in [-0.2, 0) is 0 Å². The van der Waals surface area contributed by atoms with Crippen LogP contribution >= 0.6 is 11.8 Å². The molecular weight excluding hydrogens is 236 g/mol. The Hall–Kier alpha value is 0.350. The van der Waals surface area contributed by atoms with Gasteiger partial charge in [-0.3, -0.25) is 0 Å². The second kappa shape index (κ2) is 8.51. The molecule has 0 nitrogen and oxygen atoms in total. The van der Waals surface area contributed by atoms with E-state index >= 15 is 0 Å². The molecule has 0 radical (unpaired) electrons. The zero-order chi connectivity index (χ0) is 13.4. The third-order valence-electron chi connectivity index (χ3n) is 4.50. The molecule has 0 N–H and O–H groups in total. The van der Waals surface area contributed by atoms with Crippen LogP contribution in [0, 0.1) is 11.3 Å². The van der Waals surface area contributed by atoms with E-state index in [1.165, 1.54) is 63.5 Å². The summed E-state index contributed by atoms with van der Waals surface area (Å²) in [7, 11) is 0. The molecule has 0 spiro atoms. The molecule has 18 heavy (non-hydrogen) atoms. The summed E-state index contributed by atoms with van der Waals surface area (Å²) in [6.07, 6.45) is 13.0. The average molecular weight is 271 g/mol. The molecule has 1 heteroatoms. The Morgan fingerprint density at radius 3 is 2.06 bits per heavy atom. The van der Waals surface area contributed by atoms with Crippen molar-refractivity contribution in [1.82, 2.24) is 0 Å². The SMILES string of the molecule is CCCCCCCSC1CCC(C(C)(C)C)CC1. The standard InChI is InChI=1S/C17H34S/c1-5-6-7-8-9-14-18-16-12-10-15(11-13-16)17(2,3)4/h15-16H,5-14H2,1-4H3. The summed E-state index contributed by atoms with van der Waals surface area (Å²) >= 11 is 2.27. The molecule has 1 aliphatic carbocycles. The predicted molar refractivity (Wildman–Crippen MR) is 86.4 cm³/mol. The highest BCUT2D eigenvalue weighted by molar-refractivity contribution is 7.99. The van der Waals surface area contributed by atoms with Crippen LogP contribution in [0.25, 0.3) is 0 Å². The van der Waals surface area contributed by atoms with Crippen molar-refractivity contribution in [2.45, 2.75) is 90.7 Å². The first kappa shape index (κ1) is 16.4. The average Bonchev–Trinajstić information content (AvgIpc) is 2.33. The van der Waals surface area contributed by atoms with E-state index in [1.807, 2.05) is 0 Å². The van der Waals surface area contributed by atoms with Crippen LogP contribution in [0.5, 0.6) is 0 Å². The summed E-state index contributed by atoms with van der Waals surface area (Å²) in [5, 5.41) is 0.981. The van der Waals surface area contributed by atoms with Gasteiger partial charge in [0.2, 0.25) is 0 Å². The lowest BCUT2D eigenvalue weighted by molar-refractivity contribution is 0.182. The van der Waals surface area contributed by atoms with Crippen molar-refractivity contribution >= 4 is 11.8 Å². The fraction of sp³-hybridized carbons (Fsp3) is 1.00. The van der Waals surface area contributed by atoms with E-state index in [9.17, 15) is 0 Å². The van der Waals surface area contributed by atoms with Crippen LogP contribution in [0.2, 0.25) is 0 Å². The summed E-state index contributed by atoms with van der Waals surface area (Å²) < 4.78 is 0. The zero-order valence-electron chi connectivity index (χ0n) is 13.1. The first-order chi connectivity index (χ1) is 8.54. The van der Waals surface area contributed by atoms with Gasteiger partial charge in [-0.05, 0) is 49.2 Å². The molecule has 108 valence electrons. The molecule has 0 unspecified atom stereocenters. The third-order valence-corrected chi connectivity index (χ3v) is 5.97. The molecule has 0 heterocycles. The molecule has 1 fully saturated rings. The second-order valence-corrected chi connectivity index (χ2v) is 8.53. The van der Waals surface area contributed by atoms with Crippen molar-refractivity contribution in [2.24, 2.45) is 11.3 Å². The molecule has 0 aromatic heterocycles. The van der Waals surface area contributed by atoms with E-state index in [4.69, 9.17) is 0 Å². The van der Waals surface area contributed by atoms with E-state index < -0.39 is 0 Å². The molecule has 0 saturated heterocycles. The van der Waals surface area contributed by atoms with E-state index in [0.717, 1.165) is 11.2 Å². The van der Waals surface area contributed by atoms with Crippen molar-refractivity contribution < 1.29 is 0 Å². The van der Waals surface area contributed by atoms with Gasteiger partial charge in [-0.1, -0.05) is 53.4 Å². The Kier molecular flexibility index (Phi) is 7.75. The molecular formula is C17H34S. The number of unbranched alkanes of at least 4 members (excludes halogenated alkanes) is 4. The topological polar surface area (TPSA) is 0 Å². The number of hydrogen-bond donors (Lipinski definition) is 0. The molecule has 0 aliphatic heterocycles. The highest BCUT2D eigenvalue weighted by Crippen LogP contribution is 2.40. The Labute approximate surface area is 120 Å². The van der Waals surface area contributed by atoms with Crippen molar-refractivity contribution in [3.8, 4) is 0 Å². The third kappa shape index (κ3) is 6.50. The first-order valence-electron chi connectivity index (χ1n) is 8.15. The van der Waals surface area contributed by atoms with Gasteiger partial charge in [-0.2, -0.15) is 11.8 Å². The van der Waals surface area contributed by atoms with E-state index in [0.29, 0.717) is 5.41 Å². The Morgan fingerprint density at radius 1 is 0.889 bits per heavy atom. The van der Waals surface area contributed by atoms with Crippen LogP contribution in [0.4, 0.5) is 0 Å². The van der Waals surface area contributed by atoms with Crippen LogP contribution < -0.4 is 0 Å². The molecule has 0 amide bonds. The molecule has 0 bridgehead atoms. The smallest absolute Gasteiger partial charge is 0.00472 e. The quantitative estimate of drug-likeness (QED) is 0.489. The molecule has 1 saturated carbocycles. The number of rotatable bonds is 7. The fourth-order valence-electron chi connectivity index (χ4n) is 3.05. The van der Waals surface area contributed by atoms with Gasteiger partial charge in [-0.25, -0.2) is 0 Å². The Morgan fingerprint density at radius 2 is 1.50 bits per heavy atom. The monoisotopic (exact) mass is 270 g/mol. The maximum absolute atomic E-state index is 2.42. The normalized spacial score (nSPS) is 25.3. The maximum atomic E-state index is 2.42. The molecule has 0 aromatic rings. The minimum Gasteiger partial charge on any atom is -0.159 e. The summed E-state index contributed by atoms with van der Waals surface area (Å²) in [5.74, 6) is 2.38. The van der Waals surface area contributed by atoms with Gasteiger partial charge in [0.15, 0.2) is 0 Å². The molecule has 1 aliphatic rings. The predicted octanol–water partition coefficient (Wildman–Crippen LogP) is 6.29. The highest BCUT2D eigenvalue weighted by Gasteiger charge is 2.29.